The second kappa shape index (κ2) is 6.10. The van der Waals surface area contributed by atoms with Gasteiger partial charge in [0.2, 0.25) is 5.91 Å². The Morgan fingerprint density at radius 1 is 1.14 bits per heavy atom. The van der Waals surface area contributed by atoms with Gasteiger partial charge in [0, 0.05) is 22.3 Å². The molecule has 0 unspecified atom stereocenters. The van der Waals surface area contributed by atoms with Gasteiger partial charge in [0.1, 0.15) is 5.37 Å². The van der Waals surface area contributed by atoms with E-state index in [0.717, 1.165) is 15.7 Å². The molecule has 1 aliphatic heterocycles. The molecule has 0 saturated carbocycles. The van der Waals surface area contributed by atoms with E-state index in [4.69, 9.17) is 0 Å². The summed E-state index contributed by atoms with van der Waals surface area (Å²) in [6.07, 6.45) is 0. The zero-order valence-corrected chi connectivity index (χ0v) is 13.7. The Kier molecular flexibility index (Phi) is 4.17. The van der Waals surface area contributed by atoms with Crippen molar-refractivity contribution in [2.24, 2.45) is 0 Å². The largest absolute Gasteiger partial charge is 0.295 e. The Balaban J connectivity index is 1.93. The molecule has 5 nitrogen and oxygen atoms in total. The zero-order chi connectivity index (χ0) is 15.7. The van der Waals surface area contributed by atoms with E-state index in [0.29, 0.717) is 5.75 Å². The van der Waals surface area contributed by atoms with Crippen molar-refractivity contribution in [3.63, 3.8) is 0 Å². The van der Waals surface area contributed by atoms with Crippen molar-refractivity contribution in [3.05, 3.63) is 68.7 Å². The van der Waals surface area contributed by atoms with E-state index in [1.54, 1.807) is 17.0 Å². The van der Waals surface area contributed by atoms with Crippen molar-refractivity contribution in [2.45, 2.75) is 5.37 Å². The fourth-order valence-corrected chi connectivity index (χ4v) is 3.75. The summed E-state index contributed by atoms with van der Waals surface area (Å²) in [5, 5.41) is 10.6. The number of benzene rings is 2. The van der Waals surface area contributed by atoms with Crippen molar-refractivity contribution in [3.8, 4) is 0 Å². The summed E-state index contributed by atoms with van der Waals surface area (Å²) in [5.74, 6) is 0.438. The molecular weight excluding hydrogens is 368 g/mol. The van der Waals surface area contributed by atoms with Crippen molar-refractivity contribution in [1.82, 2.24) is 0 Å². The average molecular weight is 379 g/mol. The summed E-state index contributed by atoms with van der Waals surface area (Å²) in [6.45, 7) is 0. The summed E-state index contributed by atoms with van der Waals surface area (Å²) in [4.78, 5) is 24.2. The molecule has 1 atom stereocenters. The number of hydrogen-bond acceptors (Lipinski definition) is 4. The van der Waals surface area contributed by atoms with Crippen molar-refractivity contribution in [1.29, 1.82) is 0 Å². The Labute approximate surface area is 139 Å². The lowest BCUT2D eigenvalue weighted by molar-refractivity contribution is -0.384. The third-order valence-corrected chi connectivity index (χ3v) is 5.10. The lowest BCUT2D eigenvalue weighted by Gasteiger charge is -2.24. The summed E-state index contributed by atoms with van der Waals surface area (Å²) < 4.78 is 0.947. The van der Waals surface area contributed by atoms with Crippen molar-refractivity contribution < 1.29 is 9.72 Å². The van der Waals surface area contributed by atoms with E-state index in [9.17, 15) is 14.9 Å². The lowest BCUT2D eigenvalue weighted by atomic mass is 10.1. The minimum atomic E-state index is -0.427. The second-order valence-electron chi connectivity index (χ2n) is 4.75. The van der Waals surface area contributed by atoms with Crippen LogP contribution in [0.3, 0.4) is 0 Å². The maximum Gasteiger partial charge on any atom is 0.269 e. The molecule has 1 saturated heterocycles. The topological polar surface area (TPSA) is 63.4 Å². The molecule has 0 bridgehead atoms. The van der Waals surface area contributed by atoms with Gasteiger partial charge in [-0.2, -0.15) is 0 Å². The number of nitro benzene ring substituents is 1. The van der Waals surface area contributed by atoms with Crippen LogP contribution in [0.15, 0.2) is 53.0 Å². The molecular formula is C15H11BrN2O3S. The first kappa shape index (κ1) is 15.1. The van der Waals surface area contributed by atoms with E-state index in [1.807, 2.05) is 24.3 Å². The van der Waals surface area contributed by atoms with Gasteiger partial charge in [-0.15, -0.1) is 11.8 Å². The first-order valence-corrected chi connectivity index (χ1v) is 8.34. The number of anilines is 1. The Bertz CT molecular complexity index is 719. The molecule has 3 rings (SSSR count). The quantitative estimate of drug-likeness (QED) is 0.594. The fourth-order valence-electron chi connectivity index (χ4n) is 2.31. The highest BCUT2D eigenvalue weighted by molar-refractivity contribution is 9.10. The van der Waals surface area contributed by atoms with E-state index >= 15 is 0 Å². The van der Waals surface area contributed by atoms with Crippen LogP contribution in [-0.2, 0) is 4.79 Å². The molecule has 0 aliphatic carbocycles. The van der Waals surface area contributed by atoms with E-state index in [1.165, 1.54) is 23.9 Å². The summed E-state index contributed by atoms with van der Waals surface area (Å²) >= 11 is 4.90. The lowest BCUT2D eigenvalue weighted by Crippen LogP contribution is -2.27. The third-order valence-electron chi connectivity index (χ3n) is 3.36. The Morgan fingerprint density at radius 2 is 1.77 bits per heavy atom. The summed E-state index contributed by atoms with van der Waals surface area (Å²) in [6, 6.07) is 13.9. The van der Waals surface area contributed by atoms with Gasteiger partial charge in [-0.25, -0.2) is 0 Å². The molecule has 0 spiro atoms. The first-order chi connectivity index (χ1) is 10.6. The smallest absolute Gasteiger partial charge is 0.269 e. The van der Waals surface area contributed by atoms with Crippen LogP contribution >= 0.6 is 27.7 Å². The molecule has 1 aliphatic rings. The summed E-state index contributed by atoms with van der Waals surface area (Å²) in [5.41, 5.74) is 1.75. The zero-order valence-electron chi connectivity index (χ0n) is 11.3. The van der Waals surface area contributed by atoms with Crippen LogP contribution in [-0.4, -0.2) is 16.6 Å². The Morgan fingerprint density at radius 3 is 2.36 bits per heavy atom. The fraction of sp³-hybridized carbons (Fsp3) is 0.133. The number of non-ortho nitro benzene ring substituents is 1. The van der Waals surface area contributed by atoms with Gasteiger partial charge in [-0.1, -0.05) is 15.9 Å². The third kappa shape index (κ3) is 2.86. The molecule has 22 heavy (non-hydrogen) atoms. The predicted molar refractivity (Wildman–Crippen MR) is 89.9 cm³/mol. The number of rotatable bonds is 3. The minimum Gasteiger partial charge on any atom is -0.295 e. The molecule has 0 N–H and O–H groups in total. The maximum atomic E-state index is 12.2. The molecule has 2 aromatic carbocycles. The van der Waals surface area contributed by atoms with E-state index < -0.39 is 4.92 Å². The van der Waals surface area contributed by atoms with Crippen LogP contribution in [0, 0.1) is 10.1 Å². The van der Waals surface area contributed by atoms with Gasteiger partial charge in [-0.3, -0.25) is 19.8 Å². The van der Waals surface area contributed by atoms with Crippen LogP contribution in [0.1, 0.15) is 10.9 Å². The van der Waals surface area contributed by atoms with Crippen molar-refractivity contribution in [2.75, 3.05) is 10.7 Å². The first-order valence-electron chi connectivity index (χ1n) is 6.50. The highest BCUT2D eigenvalue weighted by Crippen LogP contribution is 2.42. The average Bonchev–Trinajstić information content (AvgIpc) is 2.90. The highest BCUT2D eigenvalue weighted by atomic mass is 79.9. The highest BCUT2D eigenvalue weighted by Gasteiger charge is 2.34. The SMILES string of the molecule is O=C1CS[C@H](c2ccc([N+](=O)[O-])cc2)N1c1ccc(Br)cc1. The molecule has 1 fully saturated rings. The second-order valence-corrected chi connectivity index (χ2v) is 6.74. The van der Waals surface area contributed by atoms with Gasteiger partial charge in [0.15, 0.2) is 0 Å². The monoisotopic (exact) mass is 378 g/mol. The normalized spacial score (nSPS) is 17.8. The van der Waals surface area contributed by atoms with Gasteiger partial charge in [0.25, 0.3) is 5.69 Å². The van der Waals surface area contributed by atoms with Crippen LogP contribution in [0.4, 0.5) is 11.4 Å². The molecule has 1 amide bonds. The van der Waals surface area contributed by atoms with Crippen LogP contribution in [0.5, 0.6) is 0 Å². The summed E-state index contributed by atoms with van der Waals surface area (Å²) in [7, 11) is 0. The molecule has 7 heteroatoms. The van der Waals surface area contributed by atoms with Gasteiger partial charge in [0.05, 0.1) is 10.7 Å². The van der Waals surface area contributed by atoms with Gasteiger partial charge < -0.3 is 0 Å². The molecule has 0 radical (unpaired) electrons. The maximum absolute atomic E-state index is 12.2. The van der Waals surface area contributed by atoms with Gasteiger partial charge in [-0.05, 0) is 42.0 Å². The number of hydrogen-bond donors (Lipinski definition) is 0. The molecule has 112 valence electrons. The Hall–Kier alpha value is -1.86. The standard InChI is InChI=1S/C15H11BrN2O3S/c16-11-3-7-12(8-4-11)17-14(19)9-22-15(17)10-1-5-13(6-2-10)18(20)21/h1-8,15H,9H2/t15-/m1/s1. The number of amides is 1. The number of nitro groups is 1. The number of halogens is 1. The predicted octanol–water partition coefficient (Wildman–Crippen LogP) is 4.14. The number of carbonyl (C=O) groups excluding carboxylic acids is 1. The van der Waals surface area contributed by atoms with E-state index in [-0.39, 0.29) is 17.0 Å². The number of carbonyl (C=O) groups is 1. The van der Waals surface area contributed by atoms with Gasteiger partial charge >= 0.3 is 0 Å². The molecule has 0 aromatic heterocycles. The number of thioether (sulfide) groups is 1. The molecule has 2 aromatic rings. The van der Waals surface area contributed by atoms with Crippen LogP contribution < -0.4 is 4.90 Å². The molecule has 1 heterocycles. The van der Waals surface area contributed by atoms with Crippen molar-refractivity contribution >= 4 is 45.0 Å². The van der Waals surface area contributed by atoms with Crippen LogP contribution in [0.2, 0.25) is 0 Å². The number of nitrogens with zero attached hydrogens (tertiary/aromatic N) is 2. The van der Waals surface area contributed by atoms with E-state index in [2.05, 4.69) is 15.9 Å². The van der Waals surface area contributed by atoms with Crippen LogP contribution in [0.25, 0.3) is 0 Å². The minimum absolute atomic E-state index is 0.0377.